The van der Waals surface area contributed by atoms with Gasteiger partial charge in [0.1, 0.15) is 0 Å². The van der Waals surface area contributed by atoms with Crippen molar-refractivity contribution in [3.05, 3.63) is 34.3 Å². The molecule has 1 fully saturated rings. The molecule has 0 aromatic heterocycles. The van der Waals surface area contributed by atoms with Gasteiger partial charge in [-0.3, -0.25) is 9.29 Å². The fourth-order valence-corrected chi connectivity index (χ4v) is 2.65. The number of rotatable bonds is 4. The van der Waals surface area contributed by atoms with Crippen LogP contribution in [0.5, 0.6) is 0 Å². The van der Waals surface area contributed by atoms with Gasteiger partial charge in [-0.1, -0.05) is 23.7 Å². The molecule has 1 aliphatic rings. The highest BCUT2D eigenvalue weighted by atomic mass is 35.5. The van der Waals surface area contributed by atoms with Crippen molar-refractivity contribution < 1.29 is 4.39 Å². The van der Waals surface area contributed by atoms with E-state index in [1.165, 1.54) is 5.56 Å². The number of benzene rings is 1. The zero-order chi connectivity index (χ0) is 13.0. The molecule has 5 heteroatoms. The third-order valence-electron chi connectivity index (χ3n) is 3.54. The van der Waals surface area contributed by atoms with Gasteiger partial charge in [-0.05, 0) is 30.5 Å². The molecule has 1 saturated heterocycles. The maximum atomic E-state index is 12.8. The van der Waals surface area contributed by atoms with Crippen molar-refractivity contribution in [3.63, 3.8) is 0 Å². The smallest absolute Gasteiger partial charge is 0.0912 e. The van der Waals surface area contributed by atoms with Gasteiger partial charge in [0.25, 0.3) is 0 Å². The van der Waals surface area contributed by atoms with Gasteiger partial charge >= 0.3 is 0 Å². The Morgan fingerprint density at radius 2 is 2.05 bits per heavy atom. The summed E-state index contributed by atoms with van der Waals surface area (Å²) in [5.41, 5.74) is 2.24. The highest BCUT2D eigenvalue weighted by Gasteiger charge is 2.22. The van der Waals surface area contributed by atoms with Crippen LogP contribution < -0.4 is 5.32 Å². The van der Waals surface area contributed by atoms with Gasteiger partial charge in [-0.25, -0.2) is 0 Å². The summed E-state index contributed by atoms with van der Waals surface area (Å²) in [7, 11) is 0. The van der Waals surface area contributed by atoms with Crippen LogP contribution in [-0.2, 0) is 0 Å². The topological polar surface area (TPSA) is 15.3 Å². The van der Waals surface area contributed by atoms with Gasteiger partial charge in [0.2, 0.25) is 0 Å². The van der Waals surface area contributed by atoms with E-state index in [1.54, 1.807) is 0 Å². The van der Waals surface area contributed by atoms with Crippen molar-refractivity contribution in [1.82, 2.24) is 10.2 Å². The first-order chi connectivity index (χ1) is 8.72. The van der Waals surface area contributed by atoms with E-state index in [2.05, 4.69) is 16.3 Å². The Morgan fingerprint density at radius 3 is 2.63 bits per heavy atom. The van der Waals surface area contributed by atoms with Crippen molar-refractivity contribution in [2.24, 2.45) is 0 Å². The van der Waals surface area contributed by atoms with Crippen LogP contribution >= 0.6 is 24.0 Å². The van der Waals surface area contributed by atoms with Crippen LogP contribution in [0, 0.1) is 6.92 Å². The van der Waals surface area contributed by atoms with Gasteiger partial charge < -0.3 is 5.32 Å². The van der Waals surface area contributed by atoms with E-state index < -0.39 is 0 Å². The monoisotopic (exact) mass is 306 g/mol. The lowest BCUT2D eigenvalue weighted by molar-refractivity contribution is 0.157. The molecule has 0 radical (unpaired) electrons. The zero-order valence-electron chi connectivity index (χ0n) is 11.2. The number of piperazine rings is 1. The minimum absolute atomic E-state index is 0. The molecule has 1 aromatic rings. The highest BCUT2D eigenvalue weighted by Crippen LogP contribution is 2.28. The summed E-state index contributed by atoms with van der Waals surface area (Å²) in [5.74, 6) is 0. The molecule has 108 valence electrons. The Balaban J connectivity index is 0.00000180. The molecule has 1 N–H and O–H groups in total. The number of hydrogen-bond donors (Lipinski definition) is 1. The SMILES string of the molecule is Cc1cc([C@H](CCF)N2CCNCC2)ccc1Cl.Cl. The summed E-state index contributed by atoms with van der Waals surface area (Å²) in [6.45, 7) is 5.63. The predicted molar refractivity (Wildman–Crippen MR) is 81.2 cm³/mol. The van der Waals surface area contributed by atoms with Crippen LogP contribution in [0.25, 0.3) is 0 Å². The standard InChI is InChI=1S/C14H20ClFN2.ClH/c1-11-10-12(2-3-13(11)15)14(4-5-16)18-8-6-17-7-9-18;/h2-3,10,14,17H,4-9H2,1H3;1H/t14-;/m0./s1. The minimum atomic E-state index is -0.281. The molecule has 2 nitrogen and oxygen atoms in total. The van der Waals surface area contributed by atoms with Crippen molar-refractivity contribution in [2.45, 2.75) is 19.4 Å². The van der Waals surface area contributed by atoms with Crippen molar-refractivity contribution in [1.29, 1.82) is 0 Å². The summed E-state index contributed by atoms with van der Waals surface area (Å²) in [4.78, 5) is 2.36. The first-order valence-corrected chi connectivity index (χ1v) is 6.87. The van der Waals surface area contributed by atoms with E-state index in [0.717, 1.165) is 36.8 Å². The average Bonchev–Trinajstić information content (AvgIpc) is 2.40. The van der Waals surface area contributed by atoms with E-state index in [4.69, 9.17) is 11.6 Å². The summed E-state index contributed by atoms with van der Waals surface area (Å²) in [5, 5.41) is 4.10. The number of alkyl halides is 1. The molecular formula is C14H21Cl2FN2. The van der Waals surface area contributed by atoms with Crippen LogP contribution in [0.3, 0.4) is 0 Å². The fraction of sp³-hybridized carbons (Fsp3) is 0.571. The van der Waals surface area contributed by atoms with Crippen LogP contribution in [-0.4, -0.2) is 37.8 Å². The fourth-order valence-electron chi connectivity index (χ4n) is 2.53. The number of halogens is 3. The van der Waals surface area contributed by atoms with Gasteiger partial charge in [-0.2, -0.15) is 0 Å². The van der Waals surface area contributed by atoms with Gasteiger partial charge in [0.15, 0.2) is 0 Å². The largest absolute Gasteiger partial charge is 0.314 e. The summed E-state index contributed by atoms with van der Waals surface area (Å²) >= 11 is 6.05. The second kappa shape index (κ2) is 8.05. The molecule has 1 atom stereocenters. The molecule has 1 aliphatic heterocycles. The Bertz CT molecular complexity index is 395. The van der Waals surface area contributed by atoms with Crippen LogP contribution in [0.2, 0.25) is 5.02 Å². The molecule has 19 heavy (non-hydrogen) atoms. The molecule has 1 aromatic carbocycles. The number of nitrogens with one attached hydrogen (secondary N) is 1. The number of hydrogen-bond acceptors (Lipinski definition) is 2. The molecule has 0 unspecified atom stereocenters. The van der Waals surface area contributed by atoms with Crippen LogP contribution in [0.1, 0.15) is 23.6 Å². The molecule has 0 amide bonds. The molecular weight excluding hydrogens is 286 g/mol. The molecule has 1 heterocycles. The minimum Gasteiger partial charge on any atom is -0.314 e. The summed E-state index contributed by atoms with van der Waals surface area (Å²) in [6.07, 6.45) is 0.557. The predicted octanol–water partition coefficient (Wildman–Crippen LogP) is 3.38. The Morgan fingerprint density at radius 1 is 1.37 bits per heavy atom. The Hall–Kier alpha value is -0.350. The molecule has 0 aliphatic carbocycles. The molecule has 0 saturated carbocycles. The maximum absolute atomic E-state index is 12.8. The van der Waals surface area contributed by atoms with E-state index in [0.29, 0.717) is 6.42 Å². The lowest BCUT2D eigenvalue weighted by Crippen LogP contribution is -2.45. The van der Waals surface area contributed by atoms with E-state index in [9.17, 15) is 4.39 Å². The van der Waals surface area contributed by atoms with Gasteiger partial charge in [0.05, 0.1) is 6.67 Å². The Kier molecular flexibility index (Phi) is 7.08. The van der Waals surface area contributed by atoms with Crippen LogP contribution in [0.4, 0.5) is 4.39 Å². The first kappa shape index (κ1) is 16.7. The molecule has 0 spiro atoms. The summed E-state index contributed by atoms with van der Waals surface area (Å²) in [6, 6.07) is 6.20. The van der Waals surface area contributed by atoms with E-state index >= 15 is 0 Å². The average molecular weight is 307 g/mol. The highest BCUT2D eigenvalue weighted by molar-refractivity contribution is 6.31. The van der Waals surface area contributed by atoms with Crippen molar-refractivity contribution >= 4 is 24.0 Å². The lowest BCUT2D eigenvalue weighted by Gasteiger charge is -2.35. The lowest BCUT2D eigenvalue weighted by atomic mass is 10.00. The van der Waals surface area contributed by atoms with E-state index in [-0.39, 0.29) is 25.1 Å². The summed E-state index contributed by atoms with van der Waals surface area (Å²) < 4.78 is 12.8. The van der Waals surface area contributed by atoms with Gasteiger partial charge in [-0.15, -0.1) is 12.4 Å². The quantitative estimate of drug-likeness (QED) is 0.917. The van der Waals surface area contributed by atoms with Crippen molar-refractivity contribution in [2.75, 3.05) is 32.9 Å². The maximum Gasteiger partial charge on any atom is 0.0912 e. The third kappa shape index (κ3) is 4.32. The third-order valence-corrected chi connectivity index (χ3v) is 3.97. The second-order valence-electron chi connectivity index (χ2n) is 4.79. The van der Waals surface area contributed by atoms with Gasteiger partial charge in [0, 0.05) is 37.2 Å². The molecule has 0 bridgehead atoms. The second-order valence-corrected chi connectivity index (χ2v) is 5.20. The van der Waals surface area contributed by atoms with E-state index in [1.807, 2.05) is 19.1 Å². The molecule has 2 rings (SSSR count). The zero-order valence-corrected chi connectivity index (χ0v) is 12.7. The number of nitrogens with zero attached hydrogens (tertiary/aromatic N) is 1. The first-order valence-electron chi connectivity index (χ1n) is 6.49. The Labute approximate surface area is 125 Å². The normalized spacial score (nSPS) is 17.8. The van der Waals surface area contributed by atoms with Crippen molar-refractivity contribution in [3.8, 4) is 0 Å². The number of aryl methyl sites for hydroxylation is 1. The van der Waals surface area contributed by atoms with Crippen LogP contribution in [0.15, 0.2) is 18.2 Å².